The zero-order valence-corrected chi connectivity index (χ0v) is 17.9. The van der Waals surface area contributed by atoms with E-state index in [1.54, 1.807) is 44.2 Å². The highest BCUT2D eigenvalue weighted by molar-refractivity contribution is 7.89. The fraction of sp³-hybridized carbons (Fsp3) is 0.238. The molecule has 1 N–H and O–H groups in total. The maximum atomic E-state index is 12.4. The number of nitrogens with one attached hydrogen (secondary N) is 1. The number of carbonyl (C=O) groups is 1. The predicted molar refractivity (Wildman–Crippen MR) is 113 cm³/mol. The van der Waals surface area contributed by atoms with Crippen LogP contribution in [0.1, 0.15) is 11.1 Å². The van der Waals surface area contributed by atoms with Crippen molar-refractivity contribution in [3.63, 3.8) is 0 Å². The van der Waals surface area contributed by atoms with E-state index in [1.807, 2.05) is 0 Å². The van der Waals surface area contributed by atoms with E-state index in [4.69, 9.17) is 9.15 Å². The van der Waals surface area contributed by atoms with E-state index in [0.717, 1.165) is 15.3 Å². The van der Waals surface area contributed by atoms with Crippen LogP contribution in [0.15, 0.2) is 56.6 Å². The second kappa shape index (κ2) is 8.29. The Bertz CT molecular complexity index is 1280. The Hall–Kier alpha value is -3.17. The van der Waals surface area contributed by atoms with Crippen LogP contribution in [0.25, 0.3) is 11.0 Å². The zero-order valence-electron chi connectivity index (χ0n) is 17.1. The number of hydrogen-bond acceptors (Lipinski definition) is 6. The number of benzene rings is 2. The minimum atomic E-state index is -3.63. The van der Waals surface area contributed by atoms with Gasteiger partial charge in [0.2, 0.25) is 10.0 Å². The summed E-state index contributed by atoms with van der Waals surface area (Å²) in [5, 5.41) is 3.40. The van der Waals surface area contributed by atoms with Gasteiger partial charge in [0.25, 0.3) is 5.91 Å². The average Bonchev–Trinajstić information content (AvgIpc) is 2.67. The summed E-state index contributed by atoms with van der Waals surface area (Å²) in [5.74, 6) is -0.0935. The molecule has 0 radical (unpaired) electrons. The van der Waals surface area contributed by atoms with Crippen LogP contribution in [0.3, 0.4) is 0 Å². The van der Waals surface area contributed by atoms with E-state index in [0.29, 0.717) is 22.6 Å². The quantitative estimate of drug-likeness (QED) is 0.603. The molecule has 1 heterocycles. The number of ether oxygens (including phenoxy) is 1. The summed E-state index contributed by atoms with van der Waals surface area (Å²) in [6.07, 6.45) is 0. The molecular weight excluding hydrogens is 408 g/mol. The third-order valence-corrected chi connectivity index (χ3v) is 6.48. The van der Waals surface area contributed by atoms with Gasteiger partial charge in [-0.2, -0.15) is 0 Å². The van der Waals surface area contributed by atoms with Gasteiger partial charge in [0.05, 0.1) is 4.90 Å². The van der Waals surface area contributed by atoms with E-state index < -0.39 is 21.6 Å². The van der Waals surface area contributed by atoms with Crippen molar-refractivity contribution >= 4 is 32.6 Å². The number of carbonyl (C=O) groups excluding carboxylic acids is 1. The second-order valence-corrected chi connectivity index (χ2v) is 9.13. The lowest BCUT2D eigenvalue weighted by molar-refractivity contribution is -0.118. The Morgan fingerprint density at radius 3 is 2.50 bits per heavy atom. The highest BCUT2D eigenvalue weighted by atomic mass is 32.2. The Labute approximate surface area is 174 Å². The summed E-state index contributed by atoms with van der Waals surface area (Å²) in [5.41, 5.74) is 1.61. The molecule has 9 heteroatoms. The van der Waals surface area contributed by atoms with Gasteiger partial charge in [-0.1, -0.05) is 6.07 Å². The lowest BCUT2D eigenvalue weighted by Gasteiger charge is -2.15. The van der Waals surface area contributed by atoms with Gasteiger partial charge in [-0.25, -0.2) is 17.5 Å². The van der Waals surface area contributed by atoms with E-state index in [-0.39, 0.29) is 11.5 Å². The number of rotatable bonds is 6. The van der Waals surface area contributed by atoms with Gasteiger partial charge in [-0.3, -0.25) is 4.79 Å². The van der Waals surface area contributed by atoms with Gasteiger partial charge >= 0.3 is 5.63 Å². The molecule has 1 aromatic heterocycles. The molecule has 0 aliphatic carbocycles. The molecule has 0 atom stereocenters. The number of fused-ring (bicyclic) bond motifs is 1. The molecule has 8 nitrogen and oxygen atoms in total. The molecule has 30 heavy (non-hydrogen) atoms. The molecule has 0 saturated carbocycles. The van der Waals surface area contributed by atoms with Crippen molar-refractivity contribution in [1.29, 1.82) is 0 Å². The Morgan fingerprint density at radius 1 is 1.07 bits per heavy atom. The van der Waals surface area contributed by atoms with Crippen LogP contribution in [-0.4, -0.2) is 39.3 Å². The van der Waals surface area contributed by atoms with E-state index in [1.165, 1.54) is 26.2 Å². The van der Waals surface area contributed by atoms with Gasteiger partial charge < -0.3 is 14.5 Å². The van der Waals surface area contributed by atoms with Crippen molar-refractivity contribution < 1.29 is 22.4 Å². The SMILES string of the molecule is Cc1ccc(NC(=O)COc2ccc3c(C)cc(=O)oc3c2)cc1S(=O)(=O)N(C)C. The molecule has 0 aliphatic rings. The number of nitrogens with zero attached hydrogens (tertiary/aromatic N) is 1. The summed E-state index contributed by atoms with van der Waals surface area (Å²) >= 11 is 0. The normalized spacial score (nSPS) is 11.6. The highest BCUT2D eigenvalue weighted by Crippen LogP contribution is 2.24. The first-order valence-corrected chi connectivity index (χ1v) is 10.5. The molecule has 0 unspecified atom stereocenters. The van der Waals surface area contributed by atoms with Crippen LogP contribution >= 0.6 is 0 Å². The van der Waals surface area contributed by atoms with Crippen molar-refractivity contribution in [1.82, 2.24) is 4.31 Å². The third kappa shape index (κ3) is 4.52. The molecule has 3 rings (SSSR count). The Kier molecular flexibility index (Phi) is 5.95. The third-order valence-electron chi connectivity index (χ3n) is 4.52. The van der Waals surface area contributed by atoms with Crippen LogP contribution in [-0.2, 0) is 14.8 Å². The van der Waals surface area contributed by atoms with Crippen molar-refractivity contribution in [2.75, 3.05) is 26.0 Å². The minimum Gasteiger partial charge on any atom is -0.484 e. The molecule has 0 saturated heterocycles. The molecule has 0 aliphatic heterocycles. The maximum absolute atomic E-state index is 12.4. The van der Waals surface area contributed by atoms with Gasteiger partial charge in [-0.05, 0) is 49.2 Å². The van der Waals surface area contributed by atoms with Crippen molar-refractivity contribution in [3.8, 4) is 5.75 Å². The molecule has 2 aromatic carbocycles. The van der Waals surface area contributed by atoms with Crippen LogP contribution in [0.2, 0.25) is 0 Å². The molecular formula is C21H22N2O6S. The van der Waals surface area contributed by atoms with E-state index in [2.05, 4.69) is 5.32 Å². The van der Waals surface area contributed by atoms with E-state index >= 15 is 0 Å². The first-order valence-electron chi connectivity index (χ1n) is 9.08. The largest absolute Gasteiger partial charge is 0.484 e. The maximum Gasteiger partial charge on any atom is 0.336 e. The van der Waals surface area contributed by atoms with Crippen LogP contribution < -0.4 is 15.7 Å². The molecule has 0 fully saturated rings. The van der Waals surface area contributed by atoms with Gasteiger partial charge in [0.15, 0.2) is 6.61 Å². The standard InChI is InChI=1S/C21H22N2O6S/c1-13-5-6-15(10-19(13)30(26,27)23(3)4)22-20(24)12-28-16-7-8-17-14(2)9-21(25)29-18(17)11-16/h5-11H,12H2,1-4H3,(H,22,24). The molecule has 0 bridgehead atoms. The first-order chi connectivity index (χ1) is 14.1. The summed E-state index contributed by atoms with van der Waals surface area (Å²) in [7, 11) is -0.743. The highest BCUT2D eigenvalue weighted by Gasteiger charge is 2.20. The number of anilines is 1. The predicted octanol–water partition coefficient (Wildman–Crippen LogP) is 2.68. The van der Waals surface area contributed by atoms with Gasteiger partial charge in [-0.15, -0.1) is 0 Å². The average molecular weight is 430 g/mol. The van der Waals surface area contributed by atoms with Crippen molar-refractivity contribution in [3.05, 3.63) is 64.0 Å². The van der Waals surface area contributed by atoms with Crippen LogP contribution in [0.5, 0.6) is 5.75 Å². The minimum absolute atomic E-state index is 0.117. The number of amides is 1. The number of aryl methyl sites for hydroxylation is 2. The molecule has 1 amide bonds. The van der Waals surface area contributed by atoms with Gasteiger partial charge in [0.1, 0.15) is 11.3 Å². The van der Waals surface area contributed by atoms with Crippen LogP contribution in [0, 0.1) is 13.8 Å². The van der Waals surface area contributed by atoms with Gasteiger partial charge in [0, 0.05) is 37.3 Å². The summed E-state index contributed by atoms with van der Waals surface area (Å²) in [6.45, 7) is 3.19. The monoisotopic (exact) mass is 430 g/mol. The Morgan fingerprint density at radius 2 is 1.80 bits per heavy atom. The molecule has 0 spiro atoms. The first kappa shape index (κ1) is 21.5. The lowest BCUT2D eigenvalue weighted by Crippen LogP contribution is -2.24. The smallest absolute Gasteiger partial charge is 0.336 e. The lowest BCUT2D eigenvalue weighted by atomic mass is 10.1. The molecule has 3 aromatic rings. The summed E-state index contributed by atoms with van der Waals surface area (Å²) in [4.78, 5) is 23.9. The summed E-state index contributed by atoms with van der Waals surface area (Å²) < 4.78 is 36.6. The fourth-order valence-corrected chi connectivity index (χ4v) is 4.04. The Balaban J connectivity index is 1.72. The molecule has 158 valence electrons. The van der Waals surface area contributed by atoms with Crippen molar-refractivity contribution in [2.45, 2.75) is 18.7 Å². The van der Waals surface area contributed by atoms with Crippen molar-refractivity contribution in [2.24, 2.45) is 0 Å². The second-order valence-electron chi connectivity index (χ2n) is 7.01. The summed E-state index contributed by atoms with van der Waals surface area (Å²) in [6, 6.07) is 11.0. The number of sulfonamides is 1. The topological polar surface area (TPSA) is 106 Å². The zero-order chi connectivity index (χ0) is 22.1. The fourth-order valence-electron chi connectivity index (χ4n) is 2.89. The number of hydrogen-bond donors (Lipinski definition) is 1. The van der Waals surface area contributed by atoms with Crippen LogP contribution in [0.4, 0.5) is 5.69 Å². The van der Waals surface area contributed by atoms with E-state index in [9.17, 15) is 18.0 Å².